The third-order valence-electron chi connectivity index (χ3n) is 15.8. The summed E-state index contributed by atoms with van der Waals surface area (Å²) in [5, 5.41) is 52.3. The minimum Gasteiger partial charge on any atom is -0.309 e. The molecule has 0 aliphatic rings. The number of alkyl halides is 6. The van der Waals surface area contributed by atoms with Gasteiger partial charge in [0.15, 0.2) is 0 Å². The van der Waals surface area contributed by atoms with E-state index in [4.69, 9.17) is 0 Å². The minimum absolute atomic E-state index is 0.0339. The lowest BCUT2D eigenvalue weighted by Gasteiger charge is -2.21. The van der Waals surface area contributed by atoms with Gasteiger partial charge in [-0.3, -0.25) is 0 Å². The van der Waals surface area contributed by atoms with Crippen LogP contribution in [0.4, 0.5) is 26.3 Å². The molecule has 0 atom stereocenters. The zero-order valence-corrected chi connectivity index (χ0v) is 44.8. The quantitative estimate of drug-likeness (QED) is 0.140. The SMILES string of the molecule is N#Cc1ccc(-c2ccc3c(c2)c2cc(-c4ccc(C#N)cc4)ccc2n3-c2ccc(-c3ccc(C(F)(F)F)cc3C(F)(F)F)cc2-c2ccc(C#N)cc2-n2c3ccc(-c4ccc(C#N)cc4)cc3c3cc(-c4ccc(C#N)cc4)ccc32)cc1. The molecular weight excluding hydrogens is 1090 g/mol. The maximum Gasteiger partial charge on any atom is 0.417 e. The Morgan fingerprint density at radius 1 is 0.256 bits per heavy atom. The maximum atomic E-state index is 15.3. The molecule has 0 saturated heterocycles. The van der Waals surface area contributed by atoms with Crippen molar-refractivity contribution in [3.63, 3.8) is 0 Å². The fourth-order valence-electron chi connectivity index (χ4n) is 11.6. The van der Waals surface area contributed by atoms with Gasteiger partial charge in [-0.1, -0.05) is 91.0 Å². The maximum absolute atomic E-state index is 15.3. The van der Waals surface area contributed by atoms with Crippen molar-refractivity contribution in [2.75, 3.05) is 0 Å². The van der Waals surface area contributed by atoms with Crippen LogP contribution in [0.3, 0.4) is 0 Å². The van der Waals surface area contributed by atoms with Crippen LogP contribution in [-0.2, 0) is 12.4 Å². The van der Waals surface area contributed by atoms with Crippen molar-refractivity contribution >= 4 is 43.6 Å². The highest BCUT2D eigenvalue weighted by atomic mass is 19.4. The second-order valence-electron chi connectivity index (χ2n) is 20.7. The Morgan fingerprint density at radius 2 is 0.581 bits per heavy atom. The Hall–Kier alpha value is -12.0. The van der Waals surface area contributed by atoms with Crippen LogP contribution in [0.25, 0.3) is 122 Å². The first-order valence-corrected chi connectivity index (χ1v) is 26.8. The zero-order chi connectivity index (χ0) is 59.6. The smallest absolute Gasteiger partial charge is 0.309 e. The van der Waals surface area contributed by atoms with Crippen molar-refractivity contribution in [2.45, 2.75) is 12.4 Å². The molecule has 86 heavy (non-hydrogen) atoms. The van der Waals surface area contributed by atoms with E-state index in [0.29, 0.717) is 72.9 Å². The summed E-state index contributed by atoms with van der Waals surface area (Å²) in [6, 6.07) is 74.8. The highest BCUT2D eigenvalue weighted by Gasteiger charge is 2.39. The van der Waals surface area contributed by atoms with E-state index in [0.717, 1.165) is 72.1 Å². The second kappa shape index (κ2) is 20.8. The Morgan fingerprint density at radius 3 is 0.930 bits per heavy atom. The summed E-state index contributed by atoms with van der Waals surface area (Å²) in [6.07, 6.45) is -10.3. The van der Waals surface area contributed by atoms with Crippen molar-refractivity contribution in [3.05, 3.63) is 263 Å². The molecule has 0 spiro atoms. The molecular formula is C73H37F6N7. The van der Waals surface area contributed by atoms with E-state index >= 15 is 13.2 Å². The Kier molecular flexibility index (Phi) is 12.9. The molecule has 0 unspecified atom stereocenters. The summed E-state index contributed by atoms with van der Waals surface area (Å²) in [6.45, 7) is 0. The molecule has 7 nitrogen and oxygen atoms in total. The standard InChI is InChI=1S/C73H37F6N7/c74-72(75,76)57-23-25-58(65(37-57)73(77,78)79)56-22-30-66(85-67-26-18-52(48-10-1-43(38-80)2-11-48)32-61(67)62-33-53(19-27-68(62)85)49-12-3-44(39-81)4-13-49)60(36-56)59-24-9-47(42-84)31-71(59)86-69-28-20-54(50-14-5-45(40-82)6-15-50)34-63(69)64-35-55(21-29-70(64)86)51-16-7-46(41-83)8-17-51/h1-37H. The highest BCUT2D eigenvalue weighted by Crippen LogP contribution is 2.47. The lowest BCUT2D eigenvalue weighted by atomic mass is 9.92. The average molecular weight is 1130 g/mol. The number of nitrogens with zero attached hydrogens (tertiary/aromatic N) is 7. The summed E-state index contributed by atoms with van der Waals surface area (Å²) >= 11 is 0. The molecule has 406 valence electrons. The number of fused-ring (bicyclic) bond motifs is 6. The fraction of sp³-hybridized carbons (Fsp3) is 0.0274. The fourth-order valence-corrected chi connectivity index (χ4v) is 11.6. The largest absolute Gasteiger partial charge is 0.417 e. The van der Waals surface area contributed by atoms with Gasteiger partial charge in [-0.25, -0.2) is 0 Å². The molecule has 2 heterocycles. The number of aromatic nitrogens is 2. The van der Waals surface area contributed by atoms with Gasteiger partial charge >= 0.3 is 12.4 Å². The molecule has 0 radical (unpaired) electrons. The van der Waals surface area contributed by atoms with E-state index in [1.807, 2.05) is 130 Å². The monoisotopic (exact) mass is 1130 g/mol. The van der Waals surface area contributed by atoms with Crippen LogP contribution in [0.2, 0.25) is 0 Å². The molecule has 13 rings (SSSR count). The molecule has 13 heteroatoms. The first-order chi connectivity index (χ1) is 41.6. The normalized spacial score (nSPS) is 11.5. The van der Waals surface area contributed by atoms with Crippen molar-refractivity contribution in [3.8, 4) is 108 Å². The van der Waals surface area contributed by atoms with Crippen molar-refractivity contribution in [1.82, 2.24) is 9.13 Å². The summed E-state index contributed by atoms with van der Waals surface area (Å²) in [4.78, 5) is 0. The van der Waals surface area contributed by atoms with Gasteiger partial charge in [0.2, 0.25) is 0 Å². The number of nitriles is 5. The number of hydrogen-bond donors (Lipinski definition) is 0. The third kappa shape index (κ3) is 9.37. The lowest BCUT2D eigenvalue weighted by molar-refractivity contribution is -0.142. The van der Waals surface area contributed by atoms with Gasteiger partial charge in [-0.05, 0) is 189 Å². The average Bonchev–Trinajstić information content (AvgIpc) is 1.72. The van der Waals surface area contributed by atoms with Crippen LogP contribution in [0.5, 0.6) is 0 Å². The third-order valence-corrected chi connectivity index (χ3v) is 15.8. The lowest BCUT2D eigenvalue weighted by Crippen LogP contribution is -2.12. The van der Waals surface area contributed by atoms with Gasteiger partial charge < -0.3 is 9.13 Å². The molecule has 13 aromatic rings. The summed E-state index contributed by atoms with van der Waals surface area (Å²) in [5.41, 5.74) is 9.88. The molecule has 0 bridgehead atoms. The number of hydrogen-bond acceptors (Lipinski definition) is 5. The highest BCUT2D eigenvalue weighted by molar-refractivity contribution is 6.14. The molecule has 11 aromatic carbocycles. The molecule has 0 saturated carbocycles. The van der Waals surface area contributed by atoms with E-state index in [1.54, 1.807) is 78.9 Å². The summed E-state index contributed by atoms with van der Waals surface area (Å²) in [5.74, 6) is 0. The van der Waals surface area contributed by atoms with Crippen LogP contribution < -0.4 is 0 Å². The Labute approximate surface area is 487 Å². The number of halogens is 6. The van der Waals surface area contributed by atoms with E-state index in [2.05, 4.69) is 30.3 Å². The molecule has 0 fully saturated rings. The second-order valence-corrected chi connectivity index (χ2v) is 20.7. The van der Waals surface area contributed by atoms with Crippen LogP contribution >= 0.6 is 0 Å². The van der Waals surface area contributed by atoms with Crippen LogP contribution in [0.1, 0.15) is 38.9 Å². The van der Waals surface area contributed by atoms with Crippen LogP contribution in [-0.4, -0.2) is 9.13 Å². The first kappa shape index (κ1) is 53.4. The van der Waals surface area contributed by atoms with Crippen molar-refractivity contribution in [1.29, 1.82) is 26.3 Å². The Balaban J connectivity index is 1.12. The Bertz CT molecular complexity index is 4940. The first-order valence-electron chi connectivity index (χ1n) is 26.8. The van der Waals surface area contributed by atoms with E-state index in [-0.39, 0.29) is 17.2 Å². The van der Waals surface area contributed by atoms with Crippen molar-refractivity contribution in [2.24, 2.45) is 0 Å². The number of rotatable bonds is 8. The van der Waals surface area contributed by atoms with Gasteiger partial charge in [-0.2, -0.15) is 52.7 Å². The molecule has 0 N–H and O–H groups in total. The zero-order valence-electron chi connectivity index (χ0n) is 44.8. The van der Waals surface area contributed by atoms with Crippen molar-refractivity contribution < 1.29 is 26.3 Å². The minimum atomic E-state index is -5.21. The molecule has 2 aromatic heterocycles. The van der Waals surface area contributed by atoms with Gasteiger partial charge in [-0.15, -0.1) is 0 Å². The van der Waals surface area contributed by atoms with E-state index in [9.17, 15) is 39.5 Å². The van der Waals surface area contributed by atoms with E-state index in [1.165, 1.54) is 6.07 Å². The van der Waals surface area contributed by atoms with Crippen LogP contribution in [0, 0.1) is 56.7 Å². The topological polar surface area (TPSA) is 129 Å². The molecule has 0 aliphatic heterocycles. The van der Waals surface area contributed by atoms with Gasteiger partial charge in [0.25, 0.3) is 0 Å². The predicted molar refractivity (Wildman–Crippen MR) is 321 cm³/mol. The summed E-state index contributed by atoms with van der Waals surface area (Å²) in [7, 11) is 0. The van der Waals surface area contributed by atoms with Gasteiger partial charge in [0.05, 0.1) is 103 Å². The summed E-state index contributed by atoms with van der Waals surface area (Å²) < 4.78 is 92.6. The molecule has 0 aliphatic carbocycles. The number of benzene rings is 11. The van der Waals surface area contributed by atoms with Gasteiger partial charge in [0, 0.05) is 32.7 Å². The van der Waals surface area contributed by atoms with E-state index < -0.39 is 29.0 Å². The predicted octanol–water partition coefficient (Wildman–Crippen LogP) is 19.3. The van der Waals surface area contributed by atoms with Gasteiger partial charge in [0.1, 0.15) is 0 Å². The van der Waals surface area contributed by atoms with Crippen LogP contribution in [0.15, 0.2) is 224 Å². The molecule has 0 amide bonds.